The molecule has 4 rings (SSSR count). The number of nitrogens with zero attached hydrogens (tertiary/aromatic N) is 3. The van der Waals surface area contributed by atoms with Gasteiger partial charge in [-0.25, -0.2) is 4.39 Å². The van der Waals surface area contributed by atoms with Crippen molar-refractivity contribution in [2.45, 2.75) is 37.8 Å². The number of rotatable bonds is 6. The van der Waals surface area contributed by atoms with Crippen LogP contribution in [0.2, 0.25) is 0 Å². The number of anilines is 1. The summed E-state index contributed by atoms with van der Waals surface area (Å²) in [6, 6.07) is 13.9. The van der Waals surface area contributed by atoms with Gasteiger partial charge in [-0.1, -0.05) is 59.8 Å². The molecule has 1 N–H and O–H groups in total. The molecule has 0 radical (unpaired) electrons. The summed E-state index contributed by atoms with van der Waals surface area (Å²) in [6.45, 7) is 0. The van der Waals surface area contributed by atoms with Crippen LogP contribution >= 0.6 is 11.5 Å². The van der Waals surface area contributed by atoms with Crippen LogP contribution in [0.5, 0.6) is 0 Å². The monoisotopic (exact) mass is 424 g/mol. The molecule has 0 saturated heterocycles. The lowest BCUT2D eigenvalue weighted by atomic mass is 10.0. The molecule has 2 amide bonds. The standard InChI is InChI=1S/C22H21FN4O2S/c23-17-12-6-7-13-19(17)27(22(29)18-14-30-26-25-18)20(15-8-2-1-3-9-15)21(28)24-16-10-4-5-11-16/h1-3,6-9,12-14,16,20H,4-5,10-11H2,(H,24,28)/t20-/m0/s1. The first-order valence-corrected chi connectivity index (χ1v) is 10.7. The summed E-state index contributed by atoms with van der Waals surface area (Å²) in [4.78, 5) is 28.0. The van der Waals surface area contributed by atoms with Crippen molar-refractivity contribution in [2.75, 3.05) is 4.90 Å². The molecule has 0 bridgehead atoms. The number of para-hydroxylation sites is 1. The number of halogens is 1. The Hall–Kier alpha value is -3.13. The van der Waals surface area contributed by atoms with Gasteiger partial charge in [-0.15, -0.1) is 5.10 Å². The highest BCUT2D eigenvalue weighted by Gasteiger charge is 2.36. The van der Waals surface area contributed by atoms with Crippen LogP contribution in [0.15, 0.2) is 60.0 Å². The lowest BCUT2D eigenvalue weighted by Crippen LogP contribution is -2.46. The summed E-state index contributed by atoms with van der Waals surface area (Å²) >= 11 is 1.02. The summed E-state index contributed by atoms with van der Waals surface area (Å²) in [6.07, 6.45) is 3.91. The van der Waals surface area contributed by atoms with E-state index in [0.717, 1.165) is 37.2 Å². The number of nitrogens with one attached hydrogen (secondary N) is 1. The van der Waals surface area contributed by atoms with E-state index in [1.165, 1.54) is 22.4 Å². The van der Waals surface area contributed by atoms with Gasteiger partial charge in [0.15, 0.2) is 5.69 Å². The molecule has 3 aromatic rings. The molecule has 0 spiro atoms. The third-order valence-corrected chi connectivity index (χ3v) is 5.74. The van der Waals surface area contributed by atoms with Gasteiger partial charge in [-0.3, -0.25) is 14.5 Å². The van der Waals surface area contributed by atoms with Gasteiger partial charge in [-0.2, -0.15) is 0 Å². The minimum atomic E-state index is -1.04. The molecule has 1 atom stereocenters. The zero-order valence-corrected chi connectivity index (χ0v) is 17.0. The van der Waals surface area contributed by atoms with Crippen molar-refractivity contribution in [3.63, 3.8) is 0 Å². The van der Waals surface area contributed by atoms with E-state index in [9.17, 15) is 14.0 Å². The Morgan fingerprint density at radius 2 is 1.77 bits per heavy atom. The molecule has 6 nitrogen and oxygen atoms in total. The molecule has 1 aliphatic rings. The van der Waals surface area contributed by atoms with Crippen LogP contribution in [0, 0.1) is 5.82 Å². The smallest absolute Gasteiger partial charge is 0.280 e. The highest BCUT2D eigenvalue weighted by atomic mass is 32.1. The molecule has 1 aromatic heterocycles. The Labute approximate surface area is 177 Å². The van der Waals surface area contributed by atoms with Crippen molar-refractivity contribution < 1.29 is 14.0 Å². The minimum absolute atomic E-state index is 0.0194. The van der Waals surface area contributed by atoms with E-state index in [1.54, 1.807) is 36.4 Å². The summed E-state index contributed by atoms with van der Waals surface area (Å²) in [5, 5.41) is 8.41. The predicted octanol–water partition coefficient (Wildman–Crippen LogP) is 4.12. The average Bonchev–Trinajstić information content (AvgIpc) is 3.47. The third kappa shape index (κ3) is 4.23. The van der Waals surface area contributed by atoms with E-state index in [4.69, 9.17) is 0 Å². The molecule has 8 heteroatoms. The number of amides is 2. The van der Waals surface area contributed by atoms with Crippen LogP contribution in [0.1, 0.15) is 47.8 Å². The number of carbonyl (C=O) groups is 2. The van der Waals surface area contributed by atoms with Gasteiger partial charge in [0.1, 0.15) is 11.9 Å². The molecule has 2 aromatic carbocycles. The number of benzene rings is 2. The second-order valence-corrected chi connectivity index (χ2v) is 7.83. The quantitative estimate of drug-likeness (QED) is 0.646. The van der Waals surface area contributed by atoms with E-state index in [1.807, 2.05) is 6.07 Å². The molecule has 1 aliphatic carbocycles. The zero-order chi connectivity index (χ0) is 20.9. The average molecular weight is 425 g/mol. The van der Waals surface area contributed by atoms with E-state index < -0.39 is 17.8 Å². The van der Waals surface area contributed by atoms with Gasteiger partial charge in [0.25, 0.3) is 5.91 Å². The first-order valence-electron chi connectivity index (χ1n) is 9.85. The van der Waals surface area contributed by atoms with E-state index >= 15 is 0 Å². The van der Waals surface area contributed by atoms with Crippen molar-refractivity contribution in [1.82, 2.24) is 14.9 Å². The Balaban J connectivity index is 1.80. The topological polar surface area (TPSA) is 75.2 Å². The van der Waals surface area contributed by atoms with Crippen molar-refractivity contribution in [3.8, 4) is 0 Å². The first kappa shape index (κ1) is 20.2. The largest absolute Gasteiger partial charge is 0.351 e. The maximum atomic E-state index is 14.8. The van der Waals surface area contributed by atoms with Crippen LogP contribution < -0.4 is 10.2 Å². The van der Waals surface area contributed by atoms with Crippen molar-refractivity contribution >= 4 is 29.0 Å². The van der Waals surface area contributed by atoms with Crippen LogP contribution in [0.4, 0.5) is 10.1 Å². The normalized spacial score (nSPS) is 15.0. The first-order chi connectivity index (χ1) is 14.6. The number of hydrogen-bond donors (Lipinski definition) is 1. The molecule has 0 aliphatic heterocycles. The lowest BCUT2D eigenvalue weighted by molar-refractivity contribution is -0.123. The summed E-state index contributed by atoms with van der Waals surface area (Å²) in [5.74, 6) is -1.51. The van der Waals surface area contributed by atoms with Gasteiger partial charge < -0.3 is 5.32 Å². The van der Waals surface area contributed by atoms with Gasteiger partial charge >= 0.3 is 0 Å². The van der Waals surface area contributed by atoms with E-state index in [-0.39, 0.29) is 23.3 Å². The molecule has 1 saturated carbocycles. The Bertz CT molecular complexity index is 1010. The maximum Gasteiger partial charge on any atom is 0.280 e. The van der Waals surface area contributed by atoms with Crippen LogP contribution in [-0.2, 0) is 4.79 Å². The Morgan fingerprint density at radius 3 is 2.43 bits per heavy atom. The molecule has 30 heavy (non-hydrogen) atoms. The third-order valence-electron chi connectivity index (χ3n) is 5.23. The zero-order valence-electron chi connectivity index (χ0n) is 16.2. The minimum Gasteiger partial charge on any atom is -0.351 e. The SMILES string of the molecule is O=C(NC1CCCC1)[C@H](c1ccccc1)N(C(=O)c1csnn1)c1ccccc1F. The van der Waals surface area contributed by atoms with Crippen molar-refractivity contribution in [3.05, 3.63) is 77.1 Å². The molecular formula is C22H21FN4O2S. The number of hydrogen-bond acceptors (Lipinski definition) is 5. The van der Waals surface area contributed by atoms with Gasteiger partial charge in [0.2, 0.25) is 5.91 Å². The lowest BCUT2D eigenvalue weighted by Gasteiger charge is -2.32. The fraction of sp³-hybridized carbons (Fsp3) is 0.273. The van der Waals surface area contributed by atoms with Gasteiger partial charge in [-0.05, 0) is 42.1 Å². The van der Waals surface area contributed by atoms with Gasteiger partial charge in [0.05, 0.1) is 5.69 Å². The van der Waals surface area contributed by atoms with Crippen LogP contribution in [0.3, 0.4) is 0 Å². The second kappa shape index (κ2) is 9.13. The summed E-state index contributed by atoms with van der Waals surface area (Å²) < 4.78 is 18.6. The molecule has 1 fully saturated rings. The fourth-order valence-electron chi connectivity index (χ4n) is 3.80. The summed E-state index contributed by atoms with van der Waals surface area (Å²) in [5.41, 5.74) is 0.677. The second-order valence-electron chi connectivity index (χ2n) is 7.22. The van der Waals surface area contributed by atoms with E-state index in [2.05, 4.69) is 14.9 Å². The number of carbonyl (C=O) groups excluding carboxylic acids is 2. The maximum absolute atomic E-state index is 14.8. The Morgan fingerprint density at radius 1 is 1.07 bits per heavy atom. The van der Waals surface area contributed by atoms with Gasteiger partial charge in [0, 0.05) is 11.4 Å². The molecule has 0 unspecified atom stereocenters. The van der Waals surface area contributed by atoms with E-state index in [0.29, 0.717) is 5.56 Å². The van der Waals surface area contributed by atoms with Crippen LogP contribution in [0.25, 0.3) is 0 Å². The predicted molar refractivity (Wildman–Crippen MR) is 113 cm³/mol. The number of aromatic nitrogens is 2. The summed E-state index contributed by atoms with van der Waals surface area (Å²) in [7, 11) is 0. The molecule has 154 valence electrons. The highest BCUT2D eigenvalue weighted by Crippen LogP contribution is 2.32. The highest BCUT2D eigenvalue weighted by molar-refractivity contribution is 7.03. The van der Waals surface area contributed by atoms with Crippen molar-refractivity contribution in [1.29, 1.82) is 0 Å². The molecule has 1 heterocycles. The van der Waals surface area contributed by atoms with Crippen LogP contribution in [-0.4, -0.2) is 27.4 Å². The Kier molecular flexibility index (Phi) is 6.13. The van der Waals surface area contributed by atoms with Crippen molar-refractivity contribution in [2.24, 2.45) is 0 Å². The molecular weight excluding hydrogens is 403 g/mol. The fourth-order valence-corrected chi connectivity index (χ4v) is 4.23.